The summed E-state index contributed by atoms with van der Waals surface area (Å²) < 4.78 is 27.1. The number of nitrogens with zero attached hydrogens (tertiary/aromatic N) is 1. The highest BCUT2D eigenvalue weighted by Crippen LogP contribution is 2.13. The molecule has 0 saturated heterocycles. The Labute approximate surface area is 171 Å². The standard InChI is InChI=1S/C21H26N4O3S/c1-3-15(2)25-29(27,28)17-12-10-16(11-13-17)21(26)22-14-6-9-20-23-18-7-4-5-8-19(18)24-20/h4-5,7-8,10-13,15,25H,3,6,9,14H2,1-2H3,(H,22,26)(H,23,24). The average Bonchev–Trinajstić information content (AvgIpc) is 3.13. The Morgan fingerprint density at radius 3 is 2.55 bits per heavy atom. The van der Waals surface area contributed by atoms with Crippen molar-refractivity contribution in [1.82, 2.24) is 20.0 Å². The summed E-state index contributed by atoms with van der Waals surface area (Å²) in [4.78, 5) is 20.2. The molecule has 154 valence electrons. The Bertz CT molecular complexity index is 1040. The van der Waals surface area contributed by atoms with Crippen molar-refractivity contribution in [2.75, 3.05) is 6.54 Å². The molecule has 0 aliphatic rings. The summed E-state index contributed by atoms with van der Waals surface area (Å²) in [6.45, 7) is 4.23. The average molecular weight is 415 g/mol. The molecule has 0 bridgehead atoms. The van der Waals surface area contributed by atoms with Crippen LogP contribution in [0.4, 0.5) is 0 Å². The molecule has 0 saturated carbocycles. The van der Waals surface area contributed by atoms with Crippen molar-refractivity contribution in [3.63, 3.8) is 0 Å². The second-order valence-corrected chi connectivity index (χ2v) is 8.73. The van der Waals surface area contributed by atoms with Crippen LogP contribution in [-0.4, -0.2) is 36.9 Å². The normalized spacial score (nSPS) is 12.8. The van der Waals surface area contributed by atoms with E-state index in [1.54, 1.807) is 0 Å². The highest BCUT2D eigenvalue weighted by atomic mass is 32.2. The van der Waals surface area contributed by atoms with E-state index in [9.17, 15) is 13.2 Å². The van der Waals surface area contributed by atoms with Crippen LogP contribution in [0.15, 0.2) is 53.4 Å². The maximum absolute atomic E-state index is 12.3. The third-order valence-electron chi connectivity index (χ3n) is 4.71. The van der Waals surface area contributed by atoms with Crippen molar-refractivity contribution < 1.29 is 13.2 Å². The quantitative estimate of drug-likeness (QED) is 0.468. The van der Waals surface area contributed by atoms with Crippen LogP contribution < -0.4 is 10.0 Å². The minimum Gasteiger partial charge on any atom is -0.352 e. The number of sulfonamides is 1. The van der Waals surface area contributed by atoms with Crippen molar-refractivity contribution in [3.8, 4) is 0 Å². The zero-order valence-electron chi connectivity index (χ0n) is 16.6. The van der Waals surface area contributed by atoms with Crippen molar-refractivity contribution in [2.45, 2.75) is 44.0 Å². The molecule has 3 rings (SSSR count). The number of amides is 1. The van der Waals surface area contributed by atoms with E-state index in [0.29, 0.717) is 18.5 Å². The number of hydrogen-bond donors (Lipinski definition) is 3. The minimum atomic E-state index is -3.57. The Balaban J connectivity index is 1.50. The Morgan fingerprint density at radius 1 is 1.14 bits per heavy atom. The Morgan fingerprint density at radius 2 is 1.86 bits per heavy atom. The van der Waals surface area contributed by atoms with Crippen molar-refractivity contribution in [2.24, 2.45) is 0 Å². The van der Waals surface area contributed by atoms with Gasteiger partial charge in [-0.05, 0) is 56.2 Å². The predicted molar refractivity (Wildman–Crippen MR) is 113 cm³/mol. The van der Waals surface area contributed by atoms with E-state index < -0.39 is 10.0 Å². The van der Waals surface area contributed by atoms with Crippen LogP contribution in [0, 0.1) is 0 Å². The lowest BCUT2D eigenvalue weighted by atomic mass is 10.2. The largest absolute Gasteiger partial charge is 0.352 e. The maximum atomic E-state index is 12.3. The third-order valence-corrected chi connectivity index (χ3v) is 6.32. The minimum absolute atomic E-state index is 0.144. The zero-order valence-corrected chi connectivity index (χ0v) is 17.4. The first kappa shape index (κ1) is 21.0. The number of nitrogens with one attached hydrogen (secondary N) is 3. The molecule has 1 amide bonds. The van der Waals surface area contributed by atoms with Gasteiger partial charge in [0.1, 0.15) is 5.82 Å². The number of imidazole rings is 1. The molecular formula is C21H26N4O3S. The van der Waals surface area contributed by atoms with E-state index in [1.165, 1.54) is 24.3 Å². The van der Waals surface area contributed by atoms with Crippen LogP contribution in [0.5, 0.6) is 0 Å². The molecule has 2 aromatic carbocycles. The van der Waals surface area contributed by atoms with Gasteiger partial charge in [0.15, 0.2) is 0 Å². The van der Waals surface area contributed by atoms with E-state index in [1.807, 2.05) is 38.1 Å². The van der Waals surface area contributed by atoms with Crippen LogP contribution in [0.1, 0.15) is 42.9 Å². The lowest BCUT2D eigenvalue weighted by Gasteiger charge is -2.12. The number of H-pyrrole nitrogens is 1. The molecule has 3 N–H and O–H groups in total. The lowest BCUT2D eigenvalue weighted by molar-refractivity contribution is 0.0953. The number of hydrogen-bond acceptors (Lipinski definition) is 4. The van der Waals surface area contributed by atoms with Crippen molar-refractivity contribution in [1.29, 1.82) is 0 Å². The maximum Gasteiger partial charge on any atom is 0.251 e. The predicted octanol–water partition coefficient (Wildman–Crippen LogP) is 3.00. The summed E-state index contributed by atoms with van der Waals surface area (Å²) in [6, 6.07) is 13.7. The van der Waals surface area contributed by atoms with Gasteiger partial charge < -0.3 is 10.3 Å². The third kappa shape index (κ3) is 5.42. The number of aromatic nitrogens is 2. The SMILES string of the molecule is CCC(C)NS(=O)(=O)c1ccc(C(=O)NCCCc2nc3ccccc3[nH]2)cc1. The molecule has 0 fully saturated rings. The first-order chi connectivity index (χ1) is 13.9. The van der Waals surface area contributed by atoms with Crippen molar-refractivity contribution >= 4 is 27.0 Å². The van der Waals surface area contributed by atoms with Gasteiger partial charge >= 0.3 is 0 Å². The van der Waals surface area contributed by atoms with Gasteiger partial charge in [-0.2, -0.15) is 0 Å². The molecule has 0 aliphatic carbocycles. The van der Waals surface area contributed by atoms with E-state index in [-0.39, 0.29) is 16.8 Å². The van der Waals surface area contributed by atoms with Gasteiger partial charge in [-0.1, -0.05) is 19.1 Å². The number of fused-ring (bicyclic) bond motifs is 1. The molecule has 29 heavy (non-hydrogen) atoms. The van der Waals surface area contributed by atoms with Gasteiger partial charge in [-0.3, -0.25) is 4.79 Å². The summed E-state index contributed by atoms with van der Waals surface area (Å²) in [5, 5.41) is 2.86. The summed E-state index contributed by atoms with van der Waals surface area (Å²) in [5.74, 6) is 0.664. The van der Waals surface area contributed by atoms with Crippen LogP contribution in [-0.2, 0) is 16.4 Å². The highest BCUT2D eigenvalue weighted by Gasteiger charge is 2.17. The van der Waals surface area contributed by atoms with E-state index >= 15 is 0 Å². The Hall–Kier alpha value is -2.71. The van der Waals surface area contributed by atoms with Crippen LogP contribution in [0.3, 0.4) is 0 Å². The van der Waals surface area contributed by atoms with Crippen LogP contribution >= 0.6 is 0 Å². The molecule has 8 heteroatoms. The van der Waals surface area contributed by atoms with Gasteiger partial charge in [-0.25, -0.2) is 18.1 Å². The van der Waals surface area contributed by atoms with E-state index in [0.717, 1.165) is 29.7 Å². The smallest absolute Gasteiger partial charge is 0.251 e. The number of aryl methyl sites for hydroxylation is 1. The summed E-state index contributed by atoms with van der Waals surface area (Å²) in [7, 11) is -3.57. The molecule has 1 atom stereocenters. The molecule has 1 unspecified atom stereocenters. The molecule has 0 spiro atoms. The fraction of sp³-hybridized carbons (Fsp3) is 0.333. The molecule has 1 aromatic heterocycles. The summed E-state index contributed by atoms with van der Waals surface area (Å²) >= 11 is 0. The molecule has 0 aliphatic heterocycles. The molecule has 0 radical (unpaired) electrons. The fourth-order valence-corrected chi connectivity index (χ4v) is 4.21. The van der Waals surface area contributed by atoms with E-state index in [4.69, 9.17) is 0 Å². The number of aromatic amines is 1. The molecular weight excluding hydrogens is 388 g/mol. The zero-order chi connectivity index (χ0) is 20.9. The number of benzene rings is 2. The highest BCUT2D eigenvalue weighted by molar-refractivity contribution is 7.89. The fourth-order valence-electron chi connectivity index (χ4n) is 2.89. The van der Waals surface area contributed by atoms with Gasteiger partial charge in [0.05, 0.1) is 15.9 Å². The number of carbonyl (C=O) groups is 1. The second-order valence-electron chi connectivity index (χ2n) is 7.02. The van der Waals surface area contributed by atoms with Crippen LogP contribution in [0.2, 0.25) is 0 Å². The Kier molecular flexibility index (Phi) is 6.66. The molecule has 3 aromatic rings. The van der Waals surface area contributed by atoms with Gasteiger partial charge in [0.2, 0.25) is 10.0 Å². The number of para-hydroxylation sites is 2. The first-order valence-electron chi connectivity index (χ1n) is 9.73. The van der Waals surface area contributed by atoms with Crippen LogP contribution in [0.25, 0.3) is 11.0 Å². The lowest BCUT2D eigenvalue weighted by Crippen LogP contribution is -2.32. The van der Waals surface area contributed by atoms with Gasteiger partial charge in [-0.15, -0.1) is 0 Å². The molecule has 7 nitrogen and oxygen atoms in total. The summed E-state index contributed by atoms with van der Waals surface area (Å²) in [5.41, 5.74) is 2.37. The monoisotopic (exact) mass is 414 g/mol. The first-order valence-corrected chi connectivity index (χ1v) is 11.2. The van der Waals surface area contributed by atoms with Gasteiger partial charge in [0.25, 0.3) is 5.91 Å². The summed E-state index contributed by atoms with van der Waals surface area (Å²) in [6.07, 6.45) is 2.18. The molecule has 1 heterocycles. The van der Waals surface area contributed by atoms with E-state index in [2.05, 4.69) is 20.0 Å². The van der Waals surface area contributed by atoms with Crippen molar-refractivity contribution in [3.05, 3.63) is 59.9 Å². The second kappa shape index (κ2) is 9.19. The number of carbonyl (C=O) groups excluding carboxylic acids is 1. The number of rotatable bonds is 9. The van der Waals surface area contributed by atoms with Gasteiger partial charge in [0, 0.05) is 24.6 Å². The topological polar surface area (TPSA) is 104 Å².